The third kappa shape index (κ3) is 5.08. The van der Waals surface area contributed by atoms with Gasteiger partial charge in [-0.3, -0.25) is 9.69 Å². The average molecular weight is 407 g/mol. The van der Waals surface area contributed by atoms with Crippen LogP contribution in [0.4, 0.5) is 5.13 Å². The van der Waals surface area contributed by atoms with E-state index in [-0.39, 0.29) is 24.4 Å². The molecule has 146 valence electrons. The first-order chi connectivity index (χ1) is 12.8. The van der Waals surface area contributed by atoms with E-state index in [2.05, 4.69) is 44.8 Å². The lowest BCUT2D eigenvalue weighted by atomic mass is 9.97. The number of amides is 1. The predicted octanol–water partition coefficient (Wildman–Crippen LogP) is 3.64. The van der Waals surface area contributed by atoms with Crippen molar-refractivity contribution in [2.75, 3.05) is 25.0 Å². The van der Waals surface area contributed by atoms with Gasteiger partial charge in [-0.05, 0) is 56.8 Å². The molecule has 2 aliphatic heterocycles. The first-order valence-electron chi connectivity index (χ1n) is 9.55. The quantitative estimate of drug-likeness (QED) is 0.795. The molecule has 27 heavy (non-hydrogen) atoms. The lowest BCUT2D eigenvalue weighted by Gasteiger charge is -2.23. The molecule has 4 rings (SSSR count). The first kappa shape index (κ1) is 20.3. The number of nitrogens with zero attached hydrogens (tertiary/aromatic N) is 2. The monoisotopic (exact) mass is 406 g/mol. The molecule has 1 aromatic heterocycles. The highest BCUT2D eigenvalue weighted by atomic mass is 35.5. The van der Waals surface area contributed by atoms with E-state index in [4.69, 9.17) is 0 Å². The van der Waals surface area contributed by atoms with Crippen LogP contribution in [0.1, 0.15) is 42.0 Å². The molecule has 7 heteroatoms. The van der Waals surface area contributed by atoms with Crippen LogP contribution in [0.5, 0.6) is 0 Å². The molecule has 1 aromatic carbocycles. The SMILES string of the molecule is Cl.O=C(Nc1ncc(C2CCNCC2)s1)C1CCCN1Cc1ccccc1. The summed E-state index contributed by atoms with van der Waals surface area (Å²) in [4.78, 5) is 20.8. The molecule has 0 bridgehead atoms. The van der Waals surface area contributed by atoms with Crippen LogP contribution < -0.4 is 10.6 Å². The number of rotatable bonds is 5. The summed E-state index contributed by atoms with van der Waals surface area (Å²) in [6.45, 7) is 3.95. The maximum absolute atomic E-state index is 12.8. The number of carbonyl (C=O) groups is 1. The van der Waals surface area contributed by atoms with Gasteiger partial charge in [0.2, 0.25) is 5.91 Å². The van der Waals surface area contributed by atoms with Gasteiger partial charge in [0.25, 0.3) is 0 Å². The maximum Gasteiger partial charge on any atom is 0.243 e. The Kier molecular flexibility index (Phi) is 7.24. The lowest BCUT2D eigenvalue weighted by molar-refractivity contribution is -0.120. The van der Waals surface area contributed by atoms with Crippen LogP contribution in [0.3, 0.4) is 0 Å². The second kappa shape index (κ2) is 9.64. The topological polar surface area (TPSA) is 57.3 Å². The van der Waals surface area contributed by atoms with Crippen LogP contribution >= 0.6 is 23.7 Å². The van der Waals surface area contributed by atoms with Crippen molar-refractivity contribution in [2.45, 2.75) is 44.2 Å². The van der Waals surface area contributed by atoms with Gasteiger partial charge in [0.05, 0.1) is 6.04 Å². The van der Waals surface area contributed by atoms with Crippen molar-refractivity contribution in [3.8, 4) is 0 Å². The smallest absolute Gasteiger partial charge is 0.243 e. The number of hydrogen-bond donors (Lipinski definition) is 2. The third-order valence-corrected chi connectivity index (χ3v) is 6.47. The van der Waals surface area contributed by atoms with Crippen LogP contribution in [0.25, 0.3) is 0 Å². The fourth-order valence-corrected chi connectivity index (χ4v) is 4.95. The van der Waals surface area contributed by atoms with Crippen molar-refractivity contribution in [3.63, 3.8) is 0 Å². The zero-order valence-electron chi connectivity index (χ0n) is 15.4. The second-order valence-corrected chi connectivity index (χ2v) is 8.26. The van der Waals surface area contributed by atoms with Crippen LogP contribution in [-0.2, 0) is 11.3 Å². The van der Waals surface area contributed by atoms with Crippen LogP contribution in [0.15, 0.2) is 36.5 Å². The first-order valence-corrected chi connectivity index (χ1v) is 10.4. The molecule has 0 spiro atoms. The molecule has 2 aliphatic rings. The second-order valence-electron chi connectivity index (χ2n) is 7.20. The van der Waals surface area contributed by atoms with Gasteiger partial charge in [-0.2, -0.15) is 0 Å². The van der Waals surface area contributed by atoms with E-state index in [0.29, 0.717) is 5.92 Å². The van der Waals surface area contributed by atoms with Gasteiger partial charge in [0.15, 0.2) is 5.13 Å². The number of halogens is 1. The minimum Gasteiger partial charge on any atom is -0.317 e. The Morgan fingerprint density at radius 1 is 1.22 bits per heavy atom. The molecule has 0 aliphatic carbocycles. The number of nitrogens with one attached hydrogen (secondary N) is 2. The molecule has 1 unspecified atom stereocenters. The van der Waals surface area contributed by atoms with Gasteiger partial charge in [-0.1, -0.05) is 30.3 Å². The van der Waals surface area contributed by atoms with Crippen molar-refractivity contribution >= 4 is 34.8 Å². The van der Waals surface area contributed by atoms with E-state index in [9.17, 15) is 4.79 Å². The molecule has 5 nitrogen and oxygen atoms in total. The highest BCUT2D eigenvalue weighted by molar-refractivity contribution is 7.15. The summed E-state index contributed by atoms with van der Waals surface area (Å²) >= 11 is 1.64. The van der Waals surface area contributed by atoms with E-state index in [1.807, 2.05) is 12.3 Å². The van der Waals surface area contributed by atoms with E-state index in [0.717, 1.165) is 57.0 Å². The molecular weight excluding hydrogens is 380 g/mol. The number of anilines is 1. The Morgan fingerprint density at radius 3 is 2.78 bits per heavy atom. The summed E-state index contributed by atoms with van der Waals surface area (Å²) in [5, 5.41) is 7.21. The molecule has 1 atom stereocenters. The van der Waals surface area contributed by atoms with Crippen molar-refractivity contribution in [1.82, 2.24) is 15.2 Å². The Morgan fingerprint density at radius 2 is 2.00 bits per heavy atom. The zero-order chi connectivity index (χ0) is 17.8. The number of aromatic nitrogens is 1. The van der Waals surface area contributed by atoms with E-state index in [1.54, 1.807) is 11.3 Å². The number of piperidine rings is 1. The number of carbonyl (C=O) groups excluding carboxylic acids is 1. The predicted molar refractivity (Wildman–Crippen MR) is 113 cm³/mol. The zero-order valence-corrected chi connectivity index (χ0v) is 17.0. The van der Waals surface area contributed by atoms with Crippen molar-refractivity contribution < 1.29 is 4.79 Å². The Balaban J connectivity index is 0.00000210. The van der Waals surface area contributed by atoms with Crippen LogP contribution in [0.2, 0.25) is 0 Å². The highest BCUT2D eigenvalue weighted by Gasteiger charge is 2.31. The maximum atomic E-state index is 12.8. The highest BCUT2D eigenvalue weighted by Crippen LogP contribution is 2.32. The molecule has 0 radical (unpaired) electrons. The van der Waals surface area contributed by atoms with E-state index >= 15 is 0 Å². The molecule has 2 N–H and O–H groups in total. The normalized spacial score (nSPS) is 21.0. The molecule has 0 saturated carbocycles. The van der Waals surface area contributed by atoms with Crippen molar-refractivity contribution in [2.24, 2.45) is 0 Å². The molecule has 2 fully saturated rings. The summed E-state index contributed by atoms with van der Waals surface area (Å²) in [6.07, 6.45) is 6.26. The van der Waals surface area contributed by atoms with Crippen molar-refractivity contribution in [1.29, 1.82) is 0 Å². The fourth-order valence-electron chi connectivity index (χ4n) is 3.96. The van der Waals surface area contributed by atoms with Gasteiger partial charge in [0, 0.05) is 17.6 Å². The van der Waals surface area contributed by atoms with Crippen LogP contribution in [-0.4, -0.2) is 41.5 Å². The molecule has 2 saturated heterocycles. The Labute approximate surface area is 171 Å². The summed E-state index contributed by atoms with van der Waals surface area (Å²) < 4.78 is 0. The summed E-state index contributed by atoms with van der Waals surface area (Å²) in [6, 6.07) is 10.3. The molecule has 2 aromatic rings. The number of likely N-dealkylation sites (tertiary alicyclic amines) is 1. The standard InChI is InChI=1S/C20H26N4OS.ClH/c25-19(17-7-4-12-24(17)14-15-5-2-1-3-6-15)23-20-22-13-18(26-20)16-8-10-21-11-9-16;/h1-3,5-6,13,16-17,21H,4,7-12,14H2,(H,22,23,25);1H. The third-order valence-electron chi connectivity index (χ3n) is 5.39. The number of thiazole rings is 1. The Hall–Kier alpha value is -1.47. The summed E-state index contributed by atoms with van der Waals surface area (Å²) in [7, 11) is 0. The lowest BCUT2D eigenvalue weighted by Crippen LogP contribution is -2.39. The van der Waals surface area contributed by atoms with E-state index < -0.39 is 0 Å². The summed E-state index contributed by atoms with van der Waals surface area (Å²) in [5.41, 5.74) is 1.26. The minimum absolute atomic E-state index is 0. The Bertz CT molecular complexity index is 733. The molecular formula is C20H27ClN4OS. The van der Waals surface area contributed by atoms with Gasteiger partial charge in [0.1, 0.15) is 0 Å². The molecule has 3 heterocycles. The van der Waals surface area contributed by atoms with Gasteiger partial charge >= 0.3 is 0 Å². The van der Waals surface area contributed by atoms with Crippen molar-refractivity contribution in [3.05, 3.63) is 47.0 Å². The minimum atomic E-state index is -0.0542. The fraction of sp³-hybridized carbons (Fsp3) is 0.500. The van der Waals surface area contributed by atoms with Gasteiger partial charge in [-0.15, -0.1) is 23.7 Å². The number of benzene rings is 1. The van der Waals surface area contributed by atoms with E-state index in [1.165, 1.54) is 10.4 Å². The summed E-state index contributed by atoms with van der Waals surface area (Å²) in [5.74, 6) is 0.671. The largest absolute Gasteiger partial charge is 0.317 e. The number of hydrogen-bond acceptors (Lipinski definition) is 5. The molecule has 1 amide bonds. The van der Waals surface area contributed by atoms with Gasteiger partial charge < -0.3 is 10.6 Å². The van der Waals surface area contributed by atoms with Crippen LogP contribution in [0, 0.1) is 0 Å². The average Bonchev–Trinajstić information content (AvgIpc) is 3.33. The van der Waals surface area contributed by atoms with Gasteiger partial charge in [-0.25, -0.2) is 4.98 Å².